The second-order valence-electron chi connectivity index (χ2n) is 7.18. The Balaban J connectivity index is 1.82. The molecule has 0 aliphatic carbocycles. The molecule has 8 heteroatoms. The molecule has 0 spiro atoms. The van der Waals surface area contributed by atoms with Crippen molar-refractivity contribution in [1.82, 2.24) is 15.1 Å². The third-order valence-electron chi connectivity index (χ3n) is 3.65. The van der Waals surface area contributed by atoms with Crippen LogP contribution in [-0.4, -0.2) is 33.8 Å². The second-order valence-corrected chi connectivity index (χ2v) is 8.65. The SMILES string of the molecule is Cc1nn(-c2cccc(Cl)c2)c2sc(C(=O)OCC(=O)NC(C)(C)C)cc12. The number of hydrogen-bond acceptors (Lipinski definition) is 5. The van der Waals surface area contributed by atoms with Crippen molar-refractivity contribution in [2.24, 2.45) is 0 Å². The van der Waals surface area contributed by atoms with Crippen LogP contribution in [0.1, 0.15) is 36.1 Å². The minimum Gasteiger partial charge on any atom is -0.451 e. The van der Waals surface area contributed by atoms with E-state index in [-0.39, 0.29) is 18.1 Å². The highest BCUT2D eigenvalue weighted by Crippen LogP contribution is 2.31. The molecule has 0 atom stereocenters. The molecule has 0 saturated heterocycles. The average molecular weight is 406 g/mol. The van der Waals surface area contributed by atoms with Gasteiger partial charge in [-0.1, -0.05) is 17.7 Å². The van der Waals surface area contributed by atoms with Gasteiger partial charge in [0.15, 0.2) is 6.61 Å². The Morgan fingerprint density at radius 1 is 1.30 bits per heavy atom. The Kier molecular flexibility index (Phi) is 5.26. The van der Waals surface area contributed by atoms with E-state index < -0.39 is 5.97 Å². The maximum atomic E-state index is 12.4. The number of ether oxygens (including phenoxy) is 1. The minimum atomic E-state index is -0.530. The van der Waals surface area contributed by atoms with Gasteiger partial charge in [-0.2, -0.15) is 5.10 Å². The van der Waals surface area contributed by atoms with E-state index in [2.05, 4.69) is 10.4 Å². The molecule has 0 aliphatic heterocycles. The van der Waals surface area contributed by atoms with Crippen molar-refractivity contribution in [3.8, 4) is 5.69 Å². The predicted octanol–water partition coefficient (Wildman–Crippen LogP) is 4.12. The Morgan fingerprint density at radius 2 is 2.04 bits per heavy atom. The van der Waals surface area contributed by atoms with Gasteiger partial charge in [0.1, 0.15) is 9.71 Å². The molecule has 3 rings (SSSR count). The standard InChI is InChI=1S/C19H20ClN3O3S/c1-11-14-9-15(18(25)26-10-16(24)21-19(2,3)4)27-17(14)23(22-11)13-7-5-6-12(20)8-13/h5-9H,10H2,1-4H3,(H,21,24). The maximum Gasteiger partial charge on any atom is 0.348 e. The third kappa shape index (κ3) is 4.48. The van der Waals surface area contributed by atoms with Gasteiger partial charge in [0.2, 0.25) is 0 Å². The van der Waals surface area contributed by atoms with E-state index in [1.54, 1.807) is 16.8 Å². The molecule has 142 valence electrons. The zero-order valence-corrected chi connectivity index (χ0v) is 17.1. The molecule has 1 N–H and O–H groups in total. The number of nitrogens with one attached hydrogen (secondary N) is 1. The van der Waals surface area contributed by atoms with Gasteiger partial charge in [0, 0.05) is 15.9 Å². The number of carbonyl (C=O) groups is 2. The Hall–Kier alpha value is -2.38. The van der Waals surface area contributed by atoms with Crippen LogP contribution in [0.2, 0.25) is 5.02 Å². The summed E-state index contributed by atoms with van der Waals surface area (Å²) < 4.78 is 6.90. The number of halogens is 1. The number of aromatic nitrogens is 2. The monoisotopic (exact) mass is 405 g/mol. The molecule has 0 fully saturated rings. The third-order valence-corrected chi connectivity index (χ3v) is 4.97. The number of benzene rings is 1. The lowest BCUT2D eigenvalue weighted by molar-refractivity contribution is -0.125. The number of nitrogens with zero attached hydrogens (tertiary/aromatic N) is 2. The van der Waals surface area contributed by atoms with E-state index in [0.717, 1.165) is 21.6 Å². The molecule has 6 nitrogen and oxygen atoms in total. The first-order valence-corrected chi connectivity index (χ1v) is 9.57. The van der Waals surface area contributed by atoms with E-state index in [1.807, 2.05) is 45.9 Å². The molecule has 0 unspecified atom stereocenters. The summed E-state index contributed by atoms with van der Waals surface area (Å²) in [6.07, 6.45) is 0. The molecule has 0 saturated carbocycles. The number of rotatable bonds is 4. The maximum absolute atomic E-state index is 12.4. The summed E-state index contributed by atoms with van der Waals surface area (Å²) in [6, 6.07) is 9.08. The lowest BCUT2D eigenvalue weighted by Crippen LogP contribution is -2.42. The Bertz CT molecular complexity index is 1020. The van der Waals surface area contributed by atoms with Gasteiger partial charge < -0.3 is 10.1 Å². The summed E-state index contributed by atoms with van der Waals surface area (Å²) in [4.78, 5) is 25.4. The van der Waals surface area contributed by atoms with Crippen LogP contribution >= 0.6 is 22.9 Å². The number of aryl methyl sites for hydroxylation is 1. The smallest absolute Gasteiger partial charge is 0.348 e. The number of carbonyl (C=O) groups excluding carboxylic acids is 2. The lowest BCUT2D eigenvalue weighted by atomic mass is 10.1. The van der Waals surface area contributed by atoms with Crippen molar-refractivity contribution in [3.63, 3.8) is 0 Å². The van der Waals surface area contributed by atoms with E-state index in [1.165, 1.54) is 11.3 Å². The molecule has 1 amide bonds. The van der Waals surface area contributed by atoms with Gasteiger partial charge in [-0.3, -0.25) is 4.79 Å². The fourth-order valence-corrected chi connectivity index (χ4v) is 3.85. The van der Waals surface area contributed by atoms with Crippen LogP contribution in [0.25, 0.3) is 15.9 Å². The predicted molar refractivity (Wildman–Crippen MR) is 107 cm³/mol. The molecule has 0 bridgehead atoms. The van der Waals surface area contributed by atoms with E-state index in [9.17, 15) is 9.59 Å². The molecule has 1 aromatic carbocycles. The minimum absolute atomic E-state index is 0.316. The van der Waals surface area contributed by atoms with E-state index in [4.69, 9.17) is 16.3 Å². The van der Waals surface area contributed by atoms with Gasteiger partial charge >= 0.3 is 5.97 Å². The highest BCUT2D eigenvalue weighted by Gasteiger charge is 2.20. The molecule has 27 heavy (non-hydrogen) atoms. The lowest BCUT2D eigenvalue weighted by Gasteiger charge is -2.20. The zero-order valence-electron chi connectivity index (χ0n) is 15.5. The van der Waals surface area contributed by atoms with Gasteiger partial charge in [-0.15, -0.1) is 11.3 Å². The largest absolute Gasteiger partial charge is 0.451 e. The Labute approximate surface area is 166 Å². The van der Waals surface area contributed by atoms with Crippen molar-refractivity contribution in [2.45, 2.75) is 33.2 Å². The van der Waals surface area contributed by atoms with Crippen molar-refractivity contribution < 1.29 is 14.3 Å². The topological polar surface area (TPSA) is 73.2 Å². The van der Waals surface area contributed by atoms with Gasteiger partial charge in [-0.25, -0.2) is 9.48 Å². The van der Waals surface area contributed by atoms with Gasteiger partial charge in [0.05, 0.1) is 11.4 Å². The number of amides is 1. The second kappa shape index (κ2) is 7.32. The van der Waals surface area contributed by atoms with Crippen molar-refractivity contribution in [3.05, 3.63) is 45.9 Å². The summed E-state index contributed by atoms with van der Waals surface area (Å²) >= 11 is 7.34. The number of hydrogen-bond donors (Lipinski definition) is 1. The van der Waals surface area contributed by atoms with Crippen LogP contribution in [0.4, 0.5) is 0 Å². The quantitative estimate of drug-likeness (QED) is 0.662. The van der Waals surface area contributed by atoms with Crippen LogP contribution in [-0.2, 0) is 9.53 Å². The molecule has 0 aliphatic rings. The summed E-state index contributed by atoms with van der Waals surface area (Å²) in [5.41, 5.74) is 1.23. The molecule has 2 heterocycles. The first kappa shape index (κ1) is 19.4. The van der Waals surface area contributed by atoms with Crippen LogP contribution < -0.4 is 5.32 Å². The van der Waals surface area contributed by atoms with Crippen molar-refractivity contribution in [1.29, 1.82) is 0 Å². The molecule has 2 aromatic heterocycles. The first-order chi connectivity index (χ1) is 12.6. The average Bonchev–Trinajstić information content (AvgIpc) is 3.12. The highest BCUT2D eigenvalue weighted by molar-refractivity contribution is 7.20. The zero-order chi connectivity index (χ0) is 19.8. The number of fused-ring (bicyclic) bond motifs is 1. The fourth-order valence-electron chi connectivity index (χ4n) is 2.59. The first-order valence-electron chi connectivity index (χ1n) is 8.37. The highest BCUT2D eigenvalue weighted by atomic mass is 35.5. The Morgan fingerprint density at radius 3 is 2.70 bits per heavy atom. The van der Waals surface area contributed by atoms with Crippen molar-refractivity contribution in [2.75, 3.05) is 6.61 Å². The van der Waals surface area contributed by atoms with Gasteiger partial charge in [-0.05, 0) is 52.0 Å². The van der Waals surface area contributed by atoms with Gasteiger partial charge in [0.25, 0.3) is 5.91 Å². The van der Waals surface area contributed by atoms with E-state index in [0.29, 0.717) is 9.90 Å². The molecule has 0 radical (unpaired) electrons. The molecular weight excluding hydrogens is 386 g/mol. The number of thiophene rings is 1. The fraction of sp³-hybridized carbons (Fsp3) is 0.316. The van der Waals surface area contributed by atoms with Crippen LogP contribution in [0, 0.1) is 6.92 Å². The normalized spacial score (nSPS) is 11.6. The molecular formula is C19H20ClN3O3S. The summed E-state index contributed by atoms with van der Waals surface area (Å²) in [5, 5.41) is 8.75. The summed E-state index contributed by atoms with van der Waals surface area (Å²) in [6.45, 7) is 7.15. The molecule has 3 aromatic rings. The van der Waals surface area contributed by atoms with Crippen molar-refractivity contribution >= 4 is 45.0 Å². The number of esters is 1. The van der Waals surface area contributed by atoms with Crippen LogP contribution in [0.3, 0.4) is 0 Å². The van der Waals surface area contributed by atoms with E-state index >= 15 is 0 Å². The summed E-state index contributed by atoms with van der Waals surface area (Å²) in [7, 11) is 0. The summed E-state index contributed by atoms with van der Waals surface area (Å²) in [5.74, 6) is -0.865. The van der Waals surface area contributed by atoms with Crippen LogP contribution in [0.5, 0.6) is 0 Å². The van der Waals surface area contributed by atoms with Crippen LogP contribution in [0.15, 0.2) is 30.3 Å².